The number of carbonyl (C=O) groups is 2. The third-order valence-corrected chi connectivity index (χ3v) is 3.33. The molecule has 0 bridgehead atoms. The Hall–Kier alpha value is -1.52. The maximum absolute atomic E-state index is 12.2. The van der Waals surface area contributed by atoms with Gasteiger partial charge in [0.05, 0.1) is 18.2 Å². The Balaban J connectivity index is 2.09. The Morgan fingerprint density at radius 2 is 2.16 bits per heavy atom. The minimum atomic E-state index is -0.523. The number of esters is 1. The van der Waals surface area contributed by atoms with Crippen molar-refractivity contribution in [2.75, 3.05) is 6.54 Å². The monoisotopic (exact) mass is 267 g/mol. The fraction of sp³-hybridized carbons (Fsp3) is 0.714. The molecule has 0 aromatic rings. The highest BCUT2D eigenvalue weighted by atomic mass is 16.6. The van der Waals surface area contributed by atoms with Gasteiger partial charge in [0, 0.05) is 6.54 Å². The van der Waals surface area contributed by atoms with Gasteiger partial charge in [0.1, 0.15) is 5.60 Å². The average Bonchev–Trinajstić information content (AvgIpc) is 2.73. The van der Waals surface area contributed by atoms with Crippen LogP contribution in [0, 0.1) is 5.92 Å². The highest BCUT2D eigenvalue weighted by Gasteiger charge is 2.39. The van der Waals surface area contributed by atoms with Crippen molar-refractivity contribution in [3.63, 3.8) is 0 Å². The Morgan fingerprint density at radius 1 is 1.42 bits per heavy atom. The number of amides is 1. The molecule has 19 heavy (non-hydrogen) atoms. The van der Waals surface area contributed by atoms with E-state index in [2.05, 4.69) is 0 Å². The van der Waals surface area contributed by atoms with E-state index in [4.69, 9.17) is 9.47 Å². The Morgan fingerprint density at radius 3 is 2.74 bits per heavy atom. The van der Waals surface area contributed by atoms with E-state index in [1.54, 1.807) is 11.0 Å². The van der Waals surface area contributed by atoms with Crippen LogP contribution in [0.5, 0.6) is 0 Å². The normalized spacial score (nSPS) is 27.3. The zero-order valence-electron chi connectivity index (χ0n) is 11.7. The lowest BCUT2D eigenvalue weighted by atomic mass is 9.91. The summed E-state index contributed by atoms with van der Waals surface area (Å²) in [6.45, 7) is 6.16. The summed E-state index contributed by atoms with van der Waals surface area (Å²) in [4.78, 5) is 25.6. The number of likely N-dealkylation sites (tertiary alicyclic amines) is 1. The quantitative estimate of drug-likeness (QED) is 0.685. The van der Waals surface area contributed by atoms with E-state index in [0.29, 0.717) is 6.54 Å². The molecule has 0 radical (unpaired) electrons. The van der Waals surface area contributed by atoms with E-state index in [1.165, 1.54) is 6.26 Å². The number of rotatable bonds is 1. The van der Waals surface area contributed by atoms with Gasteiger partial charge in [-0.25, -0.2) is 4.79 Å². The van der Waals surface area contributed by atoms with Gasteiger partial charge in [-0.2, -0.15) is 0 Å². The first-order valence-electron chi connectivity index (χ1n) is 6.75. The number of nitrogens with zero attached hydrogens (tertiary/aromatic N) is 1. The van der Waals surface area contributed by atoms with Crippen molar-refractivity contribution in [2.45, 2.75) is 51.7 Å². The largest absolute Gasteiger partial charge is 0.444 e. The summed E-state index contributed by atoms with van der Waals surface area (Å²) < 4.78 is 10.3. The van der Waals surface area contributed by atoms with Crippen LogP contribution < -0.4 is 0 Å². The van der Waals surface area contributed by atoms with Crippen LogP contribution >= 0.6 is 0 Å². The second-order valence-electron chi connectivity index (χ2n) is 6.03. The summed E-state index contributed by atoms with van der Waals surface area (Å²) in [5, 5.41) is 0. The van der Waals surface area contributed by atoms with E-state index >= 15 is 0 Å². The van der Waals surface area contributed by atoms with Crippen LogP contribution in [0.4, 0.5) is 4.79 Å². The molecule has 2 aliphatic rings. The summed E-state index contributed by atoms with van der Waals surface area (Å²) in [5.74, 6) is -0.631. The molecule has 0 aliphatic carbocycles. The van der Waals surface area contributed by atoms with Crippen molar-refractivity contribution in [1.29, 1.82) is 0 Å². The highest BCUT2D eigenvalue weighted by Crippen LogP contribution is 2.29. The summed E-state index contributed by atoms with van der Waals surface area (Å²) in [5.41, 5.74) is -0.523. The summed E-state index contributed by atoms with van der Waals surface area (Å²) in [6, 6.07) is -0.144. The van der Waals surface area contributed by atoms with Crippen molar-refractivity contribution in [1.82, 2.24) is 4.90 Å². The van der Waals surface area contributed by atoms with Crippen LogP contribution in [0.3, 0.4) is 0 Å². The van der Waals surface area contributed by atoms with Crippen LogP contribution in [-0.4, -0.2) is 35.2 Å². The highest BCUT2D eigenvalue weighted by molar-refractivity contribution is 5.79. The molecule has 0 N–H and O–H groups in total. The summed E-state index contributed by atoms with van der Waals surface area (Å²) in [7, 11) is 0. The van der Waals surface area contributed by atoms with Crippen molar-refractivity contribution in [2.24, 2.45) is 5.92 Å². The van der Waals surface area contributed by atoms with Gasteiger partial charge in [-0.1, -0.05) is 0 Å². The lowest BCUT2D eigenvalue weighted by molar-refractivity contribution is -0.141. The molecule has 1 fully saturated rings. The van der Waals surface area contributed by atoms with E-state index < -0.39 is 5.60 Å². The van der Waals surface area contributed by atoms with E-state index in [0.717, 1.165) is 19.3 Å². The molecule has 5 nitrogen and oxygen atoms in total. The lowest BCUT2D eigenvalue weighted by Gasteiger charge is -2.38. The number of ether oxygens (including phenoxy) is 2. The van der Waals surface area contributed by atoms with Gasteiger partial charge in [0.15, 0.2) is 0 Å². The van der Waals surface area contributed by atoms with Gasteiger partial charge in [-0.05, 0) is 46.1 Å². The molecule has 106 valence electrons. The van der Waals surface area contributed by atoms with Crippen LogP contribution in [-0.2, 0) is 14.3 Å². The first-order chi connectivity index (χ1) is 8.88. The number of carbonyl (C=O) groups excluding carboxylic acids is 2. The molecule has 1 saturated heterocycles. The van der Waals surface area contributed by atoms with Crippen LogP contribution in [0.1, 0.15) is 40.0 Å². The molecule has 0 aromatic carbocycles. The van der Waals surface area contributed by atoms with Crippen LogP contribution in [0.15, 0.2) is 12.3 Å². The molecule has 2 unspecified atom stereocenters. The van der Waals surface area contributed by atoms with Crippen molar-refractivity contribution >= 4 is 12.1 Å². The Bertz CT molecular complexity index is 397. The minimum absolute atomic E-state index is 0.144. The van der Waals surface area contributed by atoms with Gasteiger partial charge < -0.3 is 14.4 Å². The second kappa shape index (κ2) is 5.23. The smallest absolute Gasteiger partial charge is 0.410 e. The first-order valence-corrected chi connectivity index (χ1v) is 6.75. The van der Waals surface area contributed by atoms with Gasteiger partial charge in [0.2, 0.25) is 0 Å². The topological polar surface area (TPSA) is 55.8 Å². The summed E-state index contributed by atoms with van der Waals surface area (Å²) >= 11 is 0. The van der Waals surface area contributed by atoms with Gasteiger partial charge in [0.25, 0.3) is 0 Å². The number of hydrogen-bond donors (Lipinski definition) is 0. The van der Waals surface area contributed by atoms with Crippen molar-refractivity contribution in [3.05, 3.63) is 12.3 Å². The van der Waals surface area contributed by atoms with Gasteiger partial charge in [-0.15, -0.1) is 0 Å². The second-order valence-corrected chi connectivity index (χ2v) is 6.03. The maximum atomic E-state index is 12.2. The molecule has 0 spiro atoms. The maximum Gasteiger partial charge on any atom is 0.410 e. The molecule has 2 heterocycles. The SMILES string of the molecule is CC(C)(C)OC(=O)N1CCCCC1C1C=COC1=O. The molecular weight excluding hydrogens is 246 g/mol. The van der Waals surface area contributed by atoms with E-state index in [-0.39, 0.29) is 24.0 Å². The van der Waals surface area contributed by atoms with Crippen molar-refractivity contribution < 1.29 is 19.1 Å². The molecule has 2 atom stereocenters. The number of cyclic esters (lactones) is 1. The minimum Gasteiger partial charge on any atom is -0.444 e. The zero-order valence-corrected chi connectivity index (χ0v) is 11.7. The molecule has 5 heteroatoms. The fourth-order valence-corrected chi connectivity index (χ4v) is 2.51. The summed E-state index contributed by atoms with van der Waals surface area (Å²) in [6.07, 6.45) is 5.57. The molecule has 2 aliphatic heterocycles. The third-order valence-electron chi connectivity index (χ3n) is 3.33. The first kappa shape index (κ1) is 13.9. The van der Waals surface area contributed by atoms with Gasteiger partial charge in [-0.3, -0.25) is 4.79 Å². The van der Waals surface area contributed by atoms with Crippen LogP contribution in [0.2, 0.25) is 0 Å². The van der Waals surface area contributed by atoms with Gasteiger partial charge >= 0.3 is 12.1 Å². The number of hydrogen-bond acceptors (Lipinski definition) is 4. The predicted octanol–water partition coefficient (Wildman–Crippen LogP) is 2.46. The van der Waals surface area contributed by atoms with Crippen molar-refractivity contribution in [3.8, 4) is 0 Å². The Kier molecular flexibility index (Phi) is 3.83. The predicted molar refractivity (Wildman–Crippen MR) is 69.3 cm³/mol. The molecule has 2 rings (SSSR count). The Labute approximate surface area is 113 Å². The van der Waals surface area contributed by atoms with Crippen LogP contribution in [0.25, 0.3) is 0 Å². The fourth-order valence-electron chi connectivity index (χ4n) is 2.51. The molecule has 0 aromatic heterocycles. The molecule has 1 amide bonds. The molecular formula is C14H21NO4. The third kappa shape index (κ3) is 3.28. The lowest BCUT2D eigenvalue weighted by Crippen LogP contribution is -2.50. The average molecular weight is 267 g/mol. The zero-order chi connectivity index (χ0) is 14.0. The van der Waals surface area contributed by atoms with E-state index in [9.17, 15) is 9.59 Å². The number of piperidine rings is 1. The molecule has 0 saturated carbocycles. The standard InChI is InChI=1S/C14H21NO4/c1-14(2,3)19-13(17)15-8-5-4-6-11(15)10-7-9-18-12(10)16/h7,9-11H,4-6,8H2,1-3H3. The van der Waals surface area contributed by atoms with E-state index in [1.807, 2.05) is 20.8 Å².